The van der Waals surface area contributed by atoms with Crippen LogP contribution in [0.4, 0.5) is 0 Å². The van der Waals surface area contributed by atoms with Gasteiger partial charge in [0, 0.05) is 22.9 Å². The summed E-state index contributed by atoms with van der Waals surface area (Å²) in [5.74, 6) is 2.03. The molecule has 61 heavy (non-hydrogen) atoms. The fourth-order valence-electron chi connectivity index (χ4n) is 8.07. The first-order valence-corrected chi connectivity index (χ1v) is 23.4. The van der Waals surface area contributed by atoms with Crippen LogP contribution in [0.5, 0.6) is 11.5 Å². The molecule has 0 amide bonds. The van der Waals surface area contributed by atoms with Gasteiger partial charge in [-0.05, 0) is 107 Å². The summed E-state index contributed by atoms with van der Waals surface area (Å²) in [5, 5.41) is 7.66. The molecule has 1 N–H and O–H groups in total. The standard InChI is InChI=1S/C26H37NO3.C18H22O2.C8H15NO2/c1-3-5-6-7-8-19-30-25-14-10-12-23-22(11-9-13-24(23)25)20-27-17-15-21(16-18-27)26(28)29-4-2;1-2-3-4-5-6-13-20-18-12-8-10-16-15(14-19)9-7-11-17(16)18;1-2-11-8(10)7-3-5-9-6-4-7/h9-14,21H,3-8,15-20H2,1-2H3;7-12,14H,2-6,13H2,1H3;7,9H,2-6H2,1H3. The minimum absolute atomic E-state index is 0.0194. The van der Waals surface area contributed by atoms with E-state index < -0.39 is 0 Å². The van der Waals surface area contributed by atoms with Gasteiger partial charge >= 0.3 is 11.9 Å². The van der Waals surface area contributed by atoms with Crippen LogP contribution < -0.4 is 14.8 Å². The van der Waals surface area contributed by atoms with Crippen LogP contribution in [0.2, 0.25) is 0 Å². The number of rotatable bonds is 21. The highest BCUT2D eigenvalue weighted by Gasteiger charge is 2.26. The van der Waals surface area contributed by atoms with Gasteiger partial charge in [-0.15, -0.1) is 0 Å². The second-order valence-corrected chi connectivity index (χ2v) is 16.2. The topological polar surface area (TPSA) is 103 Å². The van der Waals surface area contributed by atoms with Crippen molar-refractivity contribution in [2.24, 2.45) is 11.8 Å². The first-order chi connectivity index (χ1) is 29.9. The zero-order valence-corrected chi connectivity index (χ0v) is 37.7. The molecule has 0 saturated carbocycles. The fourth-order valence-corrected chi connectivity index (χ4v) is 8.07. The van der Waals surface area contributed by atoms with Crippen LogP contribution in [0, 0.1) is 11.8 Å². The van der Waals surface area contributed by atoms with E-state index in [9.17, 15) is 14.4 Å². The molecule has 9 nitrogen and oxygen atoms in total. The van der Waals surface area contributed by atoms with Crippen LogP contribution in [0.25, 0.3) is 21.5 Å². The lowest BCUT2D eigenvalue weighted by molar-refractivity contribution is -0.150. The average Bonchev–Trinajstić information content (AvgIpc) is 3.30. The van der Waals surface area contributed by atoms with Gasteiger partial charge in [-0.1, -0.05) is 126 Å². The lowest BCUT2D eigenvalue weighted by atomic mass is 9.96. The summed E-state index contributed by atoms with van der Waals surface area (Å²) in [7, 11) is 0. The highest BCUT2D eigenvalue weighted by molar-refractivity contribution is 6.00. The summed E-state index contributed by atoms with van der Waals surface area (Å²) < 4.78 is 22.1. The normalized spacial score (nSPS) is 14.6. The van der Waals surface area contributed by atoms with Crippen molar-refractivity contribution in [2.75, 3.05) is 52.6 Å². The Morgan fingerprint density at radius 3 is 1.61 bits per heavy atom. The van der Waals surface area contributed by atoms with Gasteiger partial charge in [-0.3, -0.25) is 19.3 Å². The van der Waals surface area contributed by atoms with E-state index in [1.165, 1.54) is 67.7 Å². The summed E-state index contributed by atoms with van der Waals surface area (Å²) in [4.78, 5) is 36.6. The molecule has 0 unspecified atom stereocenters. The number of aldehydes is 1. The maximum atomic E-state index is 12.0. The van der Waals surface area contributed by atoms with Crippen LogP contribution in [0.1, 0.15) is 134 Å². The molecule has 0 spiro atoms. The molecule has 0 bridgehead atoms. The Hall–Kier alpha value is -4.47. The quantitative estimate of drug-likeness (QED) is 0.0499. The minimum Gasteiger partial charge on any atom is -0.493 e. The van der Waals surface area contributed by atoms with Crippen LogP contribution in [0.3, 0.4) is 0 Å². The van der Waals surface area contributed by atoms with Crippen molar-refractivity contribution in [3.05, 3.63) is 83.9 Å². The molecule has 0 aromatic heterocycles. The zero-order valence-electron chi connectivity index (χ0n) is 37.7. The highest BCUT2D eigenvalue weighted by Crippen LogP contribution is 2.31. The van der Waals surface area contributed by atoms with Crippen molar-refractivity contribution in [3.8, 4) is 11.5 Å². The number of fused-ring (bicyclic) bond motifs is 2. The number of hydrogen-bond donors (Lipinski definition) is 1. The third-order valence-corrected chi connectivity index (χ3v) is 11.6. The maximum absolute atomic E-state index is 12.0. The Labute approximate surface area is 366 Å². The third-order valence-electron chi connectivity index (χ3n) is 11.6. The van der Waals surface area contributed by atoms with E-state index in [0.717, 1.165) is 119 Å². The first kappa shape index (κ1) is 49.2. The number of carbonyl (C=O) groups excluding carboxylic acids is 3. The monoisotopic (exact) mass is 839 g/mol. The van der Waals surface area contributed by atoms with Crippen molar-refractivity contribution in [1.29, 1.82) is 0 Å². The van der Waals surface area contributed by atoms with Gasteiger partial charge in [0.05, 0.1) is 38.3 Å². The number of carbonyl (C=O) groups is 3. The Kier molecular flexibility index (Phi) is 23.3. The molecule has 0 radical (unpaired) electrons. The average molecular weight is 839 g/mol. The Morgan fingerprint density at radius 2 is 1.07 bits per heavy atom. The molecule has 4 aromatic carbocycles. The molecular formula is C52H74N2O7. The number of nitrogens with zero attached hydrogens (tertiary/aromatic N) is 1. The second kappa shape index (κ2) is 28.9. The van der Waals surface area contributed by atoms with Crippen LogP contribution in [-0.2, 0) is 25.6 Å². The molecule has 6 rings (SSSR count). The van der Waals surface area contributed by atoms with Gasteiger partial charge in [0.25, 0.3) is 0 Å². The van der Waals surface area contributed by atoms with E-state index in [1.54, 1.807) is 0 Å². The first-order valence-electron chi connectivity index (χ1n) is 23.4. The van der Waals surface area contributed by atoms with Crippen molar-refractivity contribution < 1.29 is 33.3 Å². The molecule has 2 aliphatic rings. The zero-order chi connectivity index (χ0) is 43.5. The minimum atomic E-state index is -0.0289. The van der Waals surface area contributed by atoms with Crippen LogP contribution >= 0.6 is 0 Å². The Balaban J connectivity index is 0.000000226. The SMILES string of the molecule is CCCCCCCOc1cccc2c(C=O)cccc12.CCCCCCCOc1cccc2c(CN3CCC(C(=O)OCC)CC3)cccc12.CCOC(=O)C1CCNCC1. The molecule has 0 aliphatic carbocycles. The molecule has 2 heterocycles. The van der Waals surface area contributed by atoms with Crippen molar-refractivity contribution >= 4 is 39.8 Å². The van der Waals surface area contributed by atoms with Gasteiger partial charge in [0.15, 0.2) is 6.29 Å². The Morgan fingerprint density at radius 1 is 0.590 bits per heavy atom. The number of nitrogens with one attached hydrogen (secondary N) is 1. The molecule has 4 aromatic rings. The van der Waals surface area contributed by atoms with E-state index in [0.29, 0.717) is 13.2 Å². The maximum Gasteiger partial charge on any atom is 0.309 e. The van der Waals surface area contributed by atoms with Gasteiger partial charge in [0.1, 0.15) is 11.5 Å². The second-order valence-electron chi connectivity index (χ2n) is 16.2. The largest absolute Gasteiger partial charge is 0.493 e. The van der Waals surface area contributed by atoms with E-state index in [4.69, 9.17) is 18.9 Å². The summed E-state index contributed by atoms with van der Waals surface area (Å²) in [5.41, 5.74) is 2.05. The molecule has 0 atom stereocenters. The fraction of sp³-hybridized carbons (Fsp3) is 0.558. The van der Waals surface area contributed by atoms with E-state index >= 15 is 0 Å². The van der Waals surface area contributed by atoms with Gasteiger partial charge in [0.2, 0.25) is 0 Å². The van der Waals surface area contributed by atoms with Crippen LogP contribution in [0.15, 0.2) is 72.8 Å². The van der Waals surface area contributed by atoms with E-state index in [1.807, 2.05) is 50.2 Å². The number of hydrogen-bond acceptors (Lipinski definition) is 9. The number of benzene rings is 4. The smallest absolute Gasteiger partial charge is 0.309 e. The Bertz CT molecular complexity index is 1870. The van der Waals surface area contributed by atoms with Gasteiger partial charge in [-0.2, -0.15) is 0 Å². The van der Waals surface area contributed by atoms with Gasteiger partial charge < -0.3 is 24.3 Å². The van der Waals surface area contributed by atoms with Crippen molar-refractivity contribution in [1.82, 2.24) is 10.2 Å². The van der Waals surface area contributed by atoms with Crippen molar-refractivity contribution in [2.45, 2.75) is 124 Å². The molecule has 9 heteroatoms. The van der Waals surface area contributed by atoms with E-state index in [2.05, 4.69) is 60.5 Å². The number of piperidine rings is 2. The summed E-state index contributed by atoms with van der Waals surface area (Å²) in [6, 6.07) is 24.5. The number of unbranched alkanes of at least 4 members (excludes halogenated alkanes) is 8. The third kappa shape index (κ3) is 16.7. The predicted molar refractivity (Wildman–Crippen MR) is 249 cm³/mol. The predicted octanol–water partition coefficient (Wildman–Crippen LogP) is 11.5. The number of ether oxygens (including phenoxy) is 4. The summed E-state index contributed by atoms with van der Waals surface area (Å²) in [6.07, 6.45) is 16.9. The molecule has 2 saturated heterocycles. The molecule has 2 fully saturated rings. The highest BCUT2D eigenvalue weighted by atomic mass is 16.5. The lowest BCUT2D eigenvalue weighted by Crippen LogP contribution is -2.36. The number of likely N-dealkylation sites (tertiary alicyclic amines) is 1. The van der Waals surface area contributed by atoms with Crippen molar-refractivity contribution in [3.63, 3.8) is 0 Å². The summed E-state index contributed by atoms with van der Waals surface area (Å²) in [6.45, 7) is 15.4. The molecular weight excluding hydrogens is 765 g/mol. The van der Waals surface area contributed by atoms with E-state index in [-0.39, 0.29) is 23.8 Å². The van der Waals surface area contributed by atoms with Gasteiger partial charge in [-0.25, -0.2) is 0 Å². The van der Waals surface area contributed by atoms with Crippen LogP contribution in [-0.4, -0.2) is 75.7 Å². The summed E-state index contributed by atoms with van der Waals surface area (Å²) >= 11 is 0. The molecule has 334 valence electrons. The lowest BCUT2D eigenvalue weighted by Gasteiger charge is -2.31. The number of esters is 2. The molecule has 2 aliphatic heterocycles.